The van der Waals surface area contributed by atoms with Gasteiger partial charge in [0.05, 0.1) is 0 Å². The smallest absolute Gasteiger partial charge is 0.223 e. The summed E-state index contributed by atoms with van der Waals surface area (Å²) < 4.78 is 0. The second kappa shape index (κ2) is 16.2. The summed E-state index contributed by atoms with van der Waals surface area (Å²) in [5.74, 6) is 0.0905. The number of rotatable bonds is 14. The van der Waals surface area contributed by atoms with E-state index in [9.17, 15) is 4.79 Å². The summed E-state index contributed by atoms with van der Waals surface area (Å²) in [7, 11) is 0. The molecule has 0 heterocycles. The standard InChI is InChI=1S/C16H32N2O2/c1-2-3-11-16(20)18-14-13-17-12-9-7-5-4-6-8-10-15-19/h2-3,17,19H,4-15H2,1H3,(H,18,20)/b3-2+. The molecule has 4 nitrogen and oxygen atoms in total. The summed E-state index contributed by atoms with van der Waals surface area (Å²) in [5.41, 5.74) is 0. The first-order chi connectivity index (χ1) is 9.81. The molecule has 0 aromatic rings. The normalized spacial score (nSPS) is 11.1. The van der Waals surface area contributed by atoms with Gasteiger partial charge in [-0.05, 0) is 26.3 Å². The van der Waals surface area contributed by atoms with Crippen molar-refractivity contribution >= 4 is 5.91 Å². The van der Waals surface area contributed by atoms with Crippen LogP contribution in [0.25, 0.3) is 0 Å². The van der Waals surface area contributed by atoms with Crippen LogP contribution in [0.3, 0.4) is 0 Å². The van der Waals surface area contributed by atoms with Gasteiger partial charge in [0, 0.05) is 26.1 Å². The second-order valence-corrected chi connectivity index (χ2v) is 5.07. The zero-order chi connectivity index (χ0) is 14.9. The SMILES string of the molecule is C/C=C/CC(=O)NCCNCCCCCCCCCO. The minimum atomic E-state index is 0.0905. The molecule has 0 atom stereocenters. The van der Waals surface area contributed by atoms with Gasteiger partial charge in [0.25, 0.3) is 0 Å². The van der Waals surface area contributed by atoms with Crippen molar-refractivity contribution in [2.75, 3.05) is 26.2 Å². The average molecular weight is 284 g/mol. The molecule has 0 fully saturated rings. The number of hydrogen-bond donors (Lipinski definition) is 3. The van der Waals surface area contributed by atoms with E-state index in [0.29, 0.717) is 19.6 Å². The number of unbranched alkanes of at least 4 members (excludes halogenated alkanes) is 6. The van der Waals surface area contributed by atoms with Gasteiger partial charge in [0.15, 0.2) is 0 Å². The molecule has 0 aromatic heterocycles. The van der Waals surface area contributed by atoms with E-state index in [1.807, 2.05) is 19.1 Å². The first kappa shape index (κ1) is 19.1. The van der Waals surface area contributed by atoms with Crippen molar-refractivity contribution in [2.24, 2.45) is 0 Å². The van der Waals surface area contributed by atoms with Crippen molar-refractivity contribution in [3.05, 3.63) is 12.2 Å². The lowest BCUT2D eigenvalue weighted by atomic mass is 10.1. The van der Waals surface area contributed by atoms with Crippen molar-refractivity contribution in [3.63, 3.8) is 0 Å². The van der Waals surface area contributed by atoms with Crippen molar-refractivity contribution in [2.45, 2.75) is 58.3 Å². The molecule has 0 aliphatic heterocycles. The molecular formula is C16H32N2O2. The Kier molecular flexibility index (Phi) is 15.5. The Balaban J connectivity index is 3.07. The largest absolute Gasteiger partial charge is 0.396 e. The molecule has 3 N–H and O–H groups in total. The minimum Gasteiger partial charge on any atom is -0.396 e. The molecule has 118 valence electrons. The summed E-state index contributed by atoms with van der Waals surface area (Å²) in [5, 5.41) is 14.9. The predicted molar refractivity (Wildman–Crippen MR) is 84.7 cm³/mol. The highest BCUT2D eigenvalue weighted by Crippen LogP contribution is 2.06. The van der Waals surface area contributed by atoms with Gasteiger partial charge >= 0.3 is 0 Å². The molecule has 0 aliphatic rings. The van der Waals surface area contributed by atoms with Crippen LogP contribution in [0.1, 0.15) is 58.3 Å². The van der Waals surface area contributed by atoms with Crippen LogP contribution in [0.4, 0.5) is 0 Å². The van der Waals surface area contributed by atoms with Crippen molar-refractivity contribution in [1.29, 1.82) is 0 Å². The summed E-state index contributed by atoms with van der Waals surface area (Å²) in [6, 6.07) is 0. The quantitative estimate of drug-likeness (QED) is 0.339. The van der Waals surface area contributed by atoms with Gasteiger partial charge in [0.1, 0.15) is 0 Å². The number of carbonyl (C=O) groups excluding carboxylic acids is 1. The Morgan fingerprint density at radius 3 is 2.25 bits per heavy atom. The van der Waals surface area contributed by atoms with Crippen LogP contribution in [0.2, 0.25) is 0 Å². The Labute approximate surface area is 124 Å². The highest BCUT2D eigenvalue weighted by Gasteiger charge is 1.96. The molecule has 0 spiro atoms. The monoisotopic (exact) mass is 284 g/mol. The lowest BCUT2D eigenvalue weighted by Gasteiger charge is -2.06. The molecule has 1 amide bonds. The molecule has 0 unspecified atom stereocenters. The molecule has 0 radical (unpaired) electrons. The van der Waals surface area contributed by atoms with Gasteiger partial charge < -0.3 is 15.7 Å². The summed E-state index contributed by atoms with van der Waals surface area (Å²) >= 11 is 0. The van der Waals surface area contributed by atoms with Crippen molar-refractivity contribution in [1.82, 2.24) is 10.6 Å². The Bertz CT molecular complexity index is 243. The number of aliphatic hydroxyl groups is 1. The summed E-state index contributed by atoms with van der Waals surface area (Å²) in [6.45, 7) is 4.83. The number of hydrogen-bond acceptors (Lipinski definition) is 3. The second-order valence-electron chi connectivity index (χ2n) is 5.07. The van der Waals surface area contributed by atoms with Crippen LogP contribution in [0, 0.1) is 0 Å². The van der Waals surface area contributed by atoms with Gasteiger partial charge in [-0.2, -0.15) is 0 Å². The zero-order valence-corrected chi connectivity index (χ0v) is 13.0. The molecule has 0 saturated heterocycles. The molecule has 0 aliphatic carbocycles. The van der Waals surface area contributed by atoms with Crippen molar-refractivity contribution < 1.29 is 9.90 Å². The van der Waals surface area contributed by atoms with Gasteiger partial charge in [-0.1, -0.05) is 44.3 Å². The summed E-state index contributed by atoms with van der Waals surface area (Å²) in [6.07, 6.45) is 12.6. The minimum absolute atomic E-state index is 0.0905. The van der Waals surface area contributed by atoms with E-state index >= 15 is 0 Å². The van der Waals surface area contributed by atoms with Crippen LogP contribution in [-0.4, -0.2) is 37.3 Å². The van der Waals surface area contributed by atoms with Gasteiger partial charge in [-0.3, -0.25) is 4.79 Å². The third-order valence-electron chi connectivity index (χ3n) is 3.17. The van der Waals surface area contributed by atoms with Crippen LogP contribution in [0.5, 0.6) is 0 Å². The maximum absolute atomic E-state index is 11.3. The Morgan fingerprint density at radius 2 is 1.60 bits per heavy atom. The van der Waals surface area contributed by atoms with Gasteiger partial charge in [-0.15, -0.1) is 0 Å². The molecular weight excluding hydrogens is 252 g/mol. The fourth-order valence-corrected chi connectivity index (χ4v) is 1.96. The third kappa shape index (κ3) is 15.2. The van der Waals surface area contributed by atoms with E-state index in [0.717, 1.165) is 25.9 Å². The van der Waals surface area contributed by atoms with E-state index in [-0.39, 0.29) is 5.91 Å². The number of aliphatic hydroxyl groups excluding tert-OH is 1. The molecule has 0 saturated carbocycles. The molecule has 20 heavy (non-hydrogen) atoms. The van der Waals surface area contributed by atoms with Crippen LogP contribution in [-0.2, 0) is 4.79 Å². The average Bonchev–Trinajstić information content (AvgIpc) is 2.46. The predicted octanol–water partition coefficient (Wildman–Crippen LogP) is 2.38. The highest BCUT2D eigenvalue weighted by atomic mass is 16.2. The van der Waals surface area contributed by atoms with E-state index < -0.39 is 0 Å². The molecule has 0 aromatic carbocycles. The first-order valence-electron chi connectivity index (χ1n) is 8.00. The Morgan fingerprint density at radius 1 is 0.950 bits per heavy atom. The van der Waals surface area contributed by atoms with Gasteiger partial charge in [-0.25, -0.2) is 0 Å². The highest BCUT2D eigenvalue weighted by molar-refractivity contribution is 5.77. The van der Waals surface area contributed by atoms with Crippen LogP contribution in [0.15, 0.2) is 12.2 Å². The van der Waals surface area contributed by atoms with Crippen molar-refractivity contribution in [3.8, 4) is 0 Å². The molecule has 4 heteroatoms. The topological polar surface area (TPSA) is 61.4 Å². The lowest BCUT2D eigenvalue weighted by Crippen LogP contribution is -2.31. The maximum Gasteiger partial charge on any atom is 0.223 e. The van der Waals surface area contributed by atoms with E-state index in [4.69, 9.17) is 5.11 Å². The number of amides is 1. The fourth-order valence-electron chi connectivity index (χ4n) is 1.96. The van der Waals surface area contributed by atoms with Gasteiger partial charge in [0.2, 0.25) is 5.91 Å². The first-order valence-corrected chi connectivity index (χ1v) is 8.00. The maximum atomic E-state index is 11.3. The summed E-state index contributed by atoms with van der Waals surface area (Å²) in [4.78, 5) is 11.3. The fraction of sp³-hybridized carbons (Fsp3) is 0.812. The number of nitrogens with one attached hydrogen (secondary N) is 2. The Hall–Kier alpha value is -0.870. The third-order valence-corrected chi connectivity index (χ3v) is 3.17. The van der Waals surface area contributed by atoms with Crippen LogP contribution < -0.4 is 10.6 Å². The lowest BCUT2D eigenvalue weighted by molar-refractivity contribution is -0.120. The molecule has 0 bridgehead atoms. The zero-order valence-electron chi connectivity index (χ0n) is 13.0. The number of carbonyl (C=O) groups is 1. The van der Waals surface area contributed by atoms with E-state index in [2.05, 4.69) is 10.6 Å². The number of allylic oxidation sites excluding steroid dienone is 1. The molecule has 0 rings (SSSR count). The van der Waals surface area contributed by atoms with Crippen LogP contribution >= 0.6 is 0 Å². The van der Waals surface area contributed by atoms with E-state index in [1.54, 1.807) is 0 Å². The van der Waals surface area contributed by atoms with E-state index in [1.165, 1.54) is 32.1 Å².